The van der Waals surface area contributed by atoms with Crippen molar-refractivity contribution in [2.24, 2.45) is 0 Å². The predicted molar refractivity (Wildman–Crippen MR) is 51.6 cm³/mol. The van der Waals surface area contributed by atoms with E-state index in [4.69, 9.17) is 16.7 Å². The fourth-order valence-corrected chi connectivity index (χ4v) is 2.00. The number of aliphatic carboxylic acids is 1. The van der Waals surface area contributed by atoms with Gasteiger partial charge in [-0.15, -0.1) is 0 Å². The lowest BCUT2D eigenvalue weighted by Crippen LogP contribution is -2.21. The molecule has 0 saturated heterocycles. The van der Waals surface area contributed by atoms with Gasteiger partial charge in [0.25, 0.3) is 0 Å². The quantitative estimate of drug-likeness (QED) is 0.820. The van der Waals surface area contributed by atoms with Crippen LogP contribution in [-0.4, -0.2) is 16.2 Å². The number of halogens is 2. The first-order valence-corrected chi connectivity index (χ1v) is 4.78. The molecule has 0 aromatic heterocycles. The van der Waals surface area contributed by atoms with Crippen molar-refractivity contribution in [3.8, 4) is 5.75 Å². The topological polar surface area (TPSA) is 57.5 Å². The van der Waals surface area contributed by atoms with Gasteiger partial charge in [-0.25, -0.2) is 4.39 Å². The number of rotatable bonds is 2. The van der Waals surface area contributed by atoms with Crippen LogP contribution in [0, 0.1) is 5.82 Å². The smallest absolute Gasteiger partial charge is 0.314 e. The molecule has 0 spiro atoms. The van der Waals surface area contributed by atoms with Crippen LogP contribution in [0.3, 0.4) is 0 Å². The molecule has 1 aromatic carbocycles. The highest BCUT2D eigenvalue weighted by atomic mass is 35.5. The molecule has 1 aliphatic carbocycles. The molecule has 1 fully saturated rings. The lowest BCUT2D eigenvalue weighted by atomic mass is 9.95. The van der Waals surface area contributed by atoms with Gasteiger partial charge in [-0.1, -0.05) is 11.6 Å². The maximum atomic E-state index is 13.6. The van der Waals surface area contributed by atoms with Crippen molar-refractivity contribution in [3.05, 3.63) is 28.5 Å². The van der Waals surface area contributed by atoms with Crippen molar-refractivity contribution in [2.75, 3.05) is 0 Å². The van der Waals surface area contributed by atoms with Gasteiger partial charge < -0.3 is 10.2 Å². The second-order valence-corrected chi connectivity index (χ2v) is 4.05. The monoisotopic (exact) mass is 230 g/mol. The highest BCUT2D eigenvalue weighted by Gasteiger charge is 2.54. The second kappa shape index (κ2) is 3.10. The van der Waals surface area contributed by atoms with Crippen LogP contribution in [0.25, 0.3) is 0 Å². The van der Waals surface area contributed by atoms with E-state index in [1.165, 1.54) is 6.07 Å². The molecule has 1 saturated carbocycles. The van der Waals surface area contributed by atoms with Crippen LogP contribution in [0.2, 0.25) is 5.02 Å². The fourth-order valence-electron chi connectivity index (χ4n) is 1.68. The summed E-state index contributed by atoms with van der Waals surface area (Å²) in [5.41, 5.74) is -1.34. The molecular weight excluding hydrogens is 223 g/mol. The summed E-state index contributed by atoms with van der Waals surface area (Å²) in [6.45, 7) is 0. The average Bonchev–Trinajstić information content (AvgIpc) is 2.93. The number of carboxylic acid groups (broad SMARTS) is 1. The highest BCUT2D eigenvalue weighted by molar-refractivity contribution is 6.32. The first kappa shape index (κ1) is 10.2. The molecule has 1 aromatic rings. The zero-order chi connectivity index (χ0) is 11.2. The van der Waals surface area contributed by atoms with E-state index < -0.39 is 23.0 Å². The van der Waals surface area contributed by atoms with Gasteiger partial charge in [-0.05, 0) is 25.0 Å². The molecule has 1 aliphatic rings. The third-order valence-electron chi connectivity index (χ3n) is 2.71. The van der Waals surface area contributed by atoms with Crippen molar-refractivity contribution in [1.82, 2.24) is 0 Å². The van der Waals surface area contributed by atoms with E-state index in [2.05, 4.69) is 0 Å². The number of phenols is 1. The molecule has 0 unspecified atom stereocenters. The van der Waals surface area contributed by atoms with Crippen molar-refractivity contribution in [3.63, 3.8) is 0 Å². The number of carbonyl (C=O) groups is 1. The lowest BCUT2D eigenvalue weighted by molar-refractivity contribution is -0.140. The van der Waals surface area contributed by atoms with Crippen LogP contribution in [-0.2, 0) is 10.2 Å². The maximum Gasteiger partial charge on any atom is 0.314 e. The zero-order valence-electron chi connectivity index (χ0n) is 7.63. The molecule has 15 heavy (non-hydrogen) atoms. The third kappa shape index (κ3) is 1.36. The number of hydrogen-bond acceptors (Lipinski definition) is 2. The molecule has 2 rings (SSSR count). The molecular formula is C10H8ClFO3. The van der Waals surface area contributed by atoms with Crippen molar-refractivity contribution < 1.29 is 19.4 Å². The Kier molecular flexibility index (Phi) is 2.12. The van der Waals surface area contributed by atoms with Gasteiger partial charge in [0.15, 0.2) is 11.6 Å². The number of hydrogen-bond donors (Lipinski definition) is 2. The summed E-state index contributed by atoms with van der Waals surface area (Å²) >= 11 is 5.76. The van der Waals surface area contributed by atoms with Crippen molar-refractivity contribution in [2.45, 2.75) is 18.3 Å². The maximum absolute atomic E-state index is 13.6. The van der Waals surface area contributed by atoms with E-state index in [-0.39, 0.29) is 10.6 Å². The molecule has 0 aliphatic heterocycles. The number of benzene rings is 1. The number of aromatic hydroxyl groups is 1. The molecule has 3 nitrogen and oxygen atoms in total. The van der Waals surface area contributed by atoms with E-state index in [0.717, 1.165) is 6.07 Å². The summed E-state index contributed by atoms with van der Waals surface area (Å²) in [6.07, 6.45) is 0.699. The molecule has 0 amide bonds. The van der Waals surface area contributed by atoms with E-state index in [1.54, 1.807) is 0 Å². The molecule has 0 bridgehead atoms. The number of carboxylic acids is 1. The molecule has 0 heterocycles. The average molecular weight is 231 g/mol. The Morgan fingerprint density at radius 3 is 2.53 bits per heavy atom. The Morgan fingerprint density at radius 1 is 1.47 bits per heavy atom. The summed E-state index contributed by atoms with van der Waals surface area (Å²) < 4.78 is 13.6. The lowest BCUT2D eigenvalue weighted by Gasteiger charge is -2.13. The summed E-state index contributed by atoms with van der Waals surface area (Å²) in [6, 6.07) is 2.41. The molecule has 0 atom stereocenters. The van der Waals surface area contributed by atoms with Crippen LogP contribution in [0.5, 0.6) is 5.75 Å². The van der Waals surface area contributed by atoms with E-state index in [1.807, 2.05) is 0 Å². The van der Waals surface area contributed by atoms with Gasteiger partial charge in [-0.2, -0.15) is 0 Å². The molecule has 80 valence electrons. The summed E-state index contributed by atoms with van der Waals surface area (Å²) in [7, 11) is 0. The van der Waals surface area contributed by atoms with Crippen LogP contribution in [0.15, 0.2) is 12.1 Å². The Bertz CT molecular complexity index is 441. The fraction of sp³-hybridized carbons (Fsp3) is 0.300. The molecule has 5 heteroatoms. The minimum absolute atomic E-state index is 0.0465. The first-order chi connectivity index (χ1) is 6.99. The standard InChI is InChI=1S/C10H8ClFO3/c11-5-1-2-6(13)8(12)7(5)10(3-4-10)9(14)15/h1-2,13H,3-4H2,(H,14,15). The highest BCUT2D eigenvalue weighted by Crippen LogP contribution is 2.52. The normalized spacial score (nSPS) is 17.5. The van der Waals surface area contributed by atoms with Gasteiger partial charge in [0, 0.05) is 10.6 Å². The minimum Gasteiger partial charge on any atom is -0.505 e. The molecule has 0 radical (unpaired) electrons. The Morgan fingerprint density at radius 2 is 2.07 bits per heavy atom. The van der Waals surface area contributed by atoms with Crippen LogP contribution in [0.1, 0.15) is 18.4 Å². The van der Waals surface area contributed by atoms with E-state index in [9.17, 15) is 14.3 Å². The Labute approximate surface area is 90.1 Å². The van der Waals surface area contributed by atoms with Gasteiger partial charge in [0.05, 0.1) is 5.41 Å². The Balaban J connectivity index is 2.62. The van der Waals surface area contributed by atoms with E-state index in [0.29, 0.717) is 12.8 Å². The van der Waals surface area contributed by atoms with Crippen LogP contribution < -0.4 is 0 Å². The molecule has 2 N–H and O–H groups in total. The van der Waals surface area contributed by atoms with Gasteiger partial charge in [-0.3, -0.25) is 4.79 Å². The van der Waals surface area contributed by atoms with Gasteiger partial charge >= 0.3 is 5.97 Å². The van der Waals surface area contributed by atoms with E-state index >= 15 is 0 Å². The summed E-state index contributed by atoms with van der Waals surface area (Å²) in [4.78, 5) is 11.0. The zero-order valence-corrected chi connectivity index (χ0v) is 8.38. The van der Waals surface area contributed by atoms with Gasteiger partial charge in [0.2, 0.25) is 0 Å². The minimum atomic E-state index is -1.24. The van der Waals surface area contributed by atoms with Crippen LogP contribution >= 0.6 is 11.6 Å². The van der Waals surface area contributed by atoms with Crippen molar-refractivity contribution >= 4 is 17.6 Å². The third-order valence-corrected chi connectivity index (χ3v) is 3.02. The summed E-state index contributed by atoms with van der Waals surface area (Å²) in [5, 5.41) is 18.2. The Hall–Kier alpha value is -1.29. The summed E-state index contributed by atoms with van der Waals surface area (Å²) in [5.74, 6) is -2.60. The predicted octanol–water partition coefficient (Wildman–Crippen LogP) is 2.30. The first-order valence-electron chi connectivity index (χ1n) is 4.40. The SMILES string of the molecule is O=C(O)C1(c2c(Cl)ccc(O)c2F)CC1. The van der Waals surface area contributed by atoms with Gasteiger partial charge in [0.1, 0.15) is 0 Å². The van der Waals surface area contributed by atoms with Crippen molar-refractivity contribution in [1.29, 1.82) is 0 Å². The number of phenolic OH excluding ortho intramolecular Hbond substituents is 1. The largest absolute Gasteiger partial charge is 0.505 e. The second-order valence-electron chi connectivity index (χ2n) is 3.64. The van der Waals surface area contributed by atoms with Crippen LogP contribution in [0.4, 0.5) is 4.39 Å².